The van der Waals surface area contributed by atoms with Crippen molar-refractivity contribution < 1.29 is 9.32 Å². The fourth-order valence-electron chi connectivity index (χ4n) is 0.841. The van der Waals surface area contributed by atoms with Gasteiger partial charge < -0.3 is 14.8 Å². The molecular weight excluding hydrogens is 172 g/mol. The van der Waals surface area contributed by atoms with Crippen LogP contribution in [0.5, 0.6) is 0 Å². The van der Waals surface area contributed by atoms with Crippen molar-refractivity contribution in [1.82, 2.24) is 15.1 Å². The predicted octanol–water partition coefficient (Wildman–Crippen LogP) is 0.650. The Hall–Kier alpha value is -2.11. The van der Waals surface area contributed by atoms with Crippen LogP contribution in [0.25, 0.3) is 0 Å². The first-order valence-electron chi connectivity index (χ1n) is 3.56. The van der Waals surface area contributed by atoms with Crippen molar-refractivity contribution in [2.45, 2.75) is 0 Å². The van der Waals surface area contributed by atoms with Crippen LogP contribution in [0.4, 0.5) is 5.82 Å². The summed E-state index contributed by atoms with van der Waals surface area (Å²) in [5, 5.41) is 6.03. The van der Waals surface area contributed by atoms with E-state index < -0.39 is 0 Å². The number of rotatable bonds is 2. The maximum Gasteiger partial charge on any atom is 0.274 e. The number of anilines is 1. The van der Waals surface area contributed by atoms with Crippen LogP contribution in [0, 0.1) is 0 Å². The van der Waals surface area contributed by atoms with E-state index in [4.69, 9.17) is 0 Å². The molecule has 0 saturated heterocycles. The number of carbonyl (C=O) groups excluding carboxylic acids is 1. The van der Waals surface area contributed by atoms with Crippen molar-refractivity contribution >= 4 is 11.7 Å². The Balaban J connectivity index is 2.08. The number of aromatic amines is 1. The Kier molecular flexibility index (Phi) is 1.79. The van der Waals surface area contributed by atoms with Crippen LogP contribution in [0.15, 0.2) is 29.4 Å². The third-order valence-corrected chi connectivity index (χ3v) is 1.42. The molecule has 0 atom stereocenters. The zero-order valence-electron chi connectivity index (χ0n) is 6.52. The SMILES string of the molecule is O=C(Nc1ccon1)c1cnc[nH]1. The molecule has 0 radical (unpaired) electrons. The second-order valence-electron chi connectivity index (χ2n) is 2.30. The fraction of sp³-hybridized carbons (Fsp3) is 0. The third-order valence-electron chi connectivity index (χ3n) is 1.42. The highest BCUT2D eigenvalue weighted by Crippen LogP contribution is 2.03. The van der Waals surface area contributed by atoms with E-state index in [9.17, 15) is 4.79 Å². The van der Waals surface area contributed by atoms with Crippen molar-refractivity contribution in [3.05, 3.63) is 30.5 Å². The Morgan fingerprint density at radius 2 is 2.54 bits per heavy atom. The number of amides is 1. The van der Waals surface area contributed by atoms with E-state index in [0.29, 0.717) is 11.5 Å². The van der Waals surface area contributed by atoms with E-state index >= 15 is 0 Å². The molecule has 0 aliphatic rings. The minimum atomic E-state index is -0.300. The average Bonchev–Trinajstić information content (AvgIpc) is 2.74. The number of imidazole rings is 1. The monoisotopic (exact) mass is 178 g/mol. The maximum absolute atomic E-state index is 11.3. The van der Waals surface area contributed by atoms with Crippen LogP contribution < -0.4 is 5.32 Å². The van der Waals surface area contributed by atoms with Crippen LogP contribution in [0.2, 0.25) is 0 Å². The van der Waals surface area contributed by atoms with Crippen molar-refractivity contribution in [2.24, 2.45) is 0 Å². The van der Waals surface area contributed by atoms with Crippen LogP contribution in [-0.4, -0.2) is 21.0 Å². The molecule has 13 heavy (non-hydrogen) atoms. The Labute approximate surface area is 73.0 Å². The molecule has 66 valence electrons. The molecule has 2 aromatic rings. The molecule has 0 saturated carbocycles. The summed E-state index contributed by atoms with van der Waals surface area (Å²) in [7, 11) is 0. The normalized spacial score (nSPS) is 9.85. The van der Waals surface area contributed by atoms with Crippen LogP contribution in [-0.2, 0) is 0 Å². The maximum atomic E-state index is 11.3. The molecule has 0 spiro atoms. The molecule has 0 aliphatic carbocycles. The molecule has 0 fully saturated rings. The molecule has 1 amide bonds. The summed E-state index contributed by atoms with van der Waals surface area (Å²) >= 11 is 0. The summed E-state index contributed by atoms with van der Waals surface area (Å²) in [5.41, 5.74) is 0.378. The number of nitrogens with one attached hydrogen (secondary N) is 2. The van der Waals surface area contributed by atoms with Crippen molar-refractivity contribution in [2.75, 3.05) is 5.32 Å². The first-order chi connectivity index (χ1) is 6.36. The standard InChI is InChI=1S/C7H6N4O2/c12-7(5-3-8-4-9-5)10-6-1-2-13-11-6/h1-4H,(H,8,9)(H,10,11,12). The minimum absolute atomic E-state index is 0.300. The van der Waals surface area contributed by atoms with E-state index in [-0.39, 0.29) is 5.91 Å². The first kappa shape index (κ1) is 7.53. The van der Waals surface area contributed by atoms with Gasteiger partial charge in [0.1, 0.15) is 12.0 Å². The molecule has 6 heteroatoms. The predicted molar refractivity (Wildman–Crippen MR) is 43.0 cm³/mol. The van der Waals surface area contributed by atoms with Crippen molar-refractivity contribution in [1.29, 1.82) is 0 Å². The summed E-state index contributed by atoms with van der Waals surface area (Å²) in [6, 6.07) is 1.55. The second-order valence-corrected chi connectivity index (χ2v) is 2.30. The lowest BCUT2D eigenvalue weighted by Crippen LogP contribution is -2.12. The highest BCUT2D eigenvalue weighted by atomic mass is 16.5. The molecule has 0 aliphatic heterocycles. The number of H-pyrrole nitrogens is 1. The van der Waals surface area contributed by atoms with Gasteiger partial charge in [-0.15, -0.1) is 0 Å². The van der Waals surface area contributed by atoms with Crippen LogP contribution in [0.1, 0.15) is 10.5 Å². The zero-order chi connectivity index (χ0) is 9.10. The quantitative estimate of drug-likeness (QED) is 0.707. The summed E-state index contributed by atoms with van der Waals surface area (Å²) < 4.78 is 4.54. The van der Waals surface area contributed by atoms with Gasteiger partial charge in [0.15, 0.2) is 5.82 Å². The van der Waals surface area contributed by atoms with Gasteiger partial charge in [0.05, 0.1) is 12.5 Å². The molecule has 0 unspecified atom stereocenters. The lowest BCUT2D eigenvalue weighted by Gasteiger charge is -1.95. The summed E-state index contributed by atoms with van der Waals surface area (Å²) in [4.78, 5) is 17.7. The zero-order valence-corrected chi connectivity index (χ0v) is 6.52. The number of nitrogens with zero attached hydrogens (tertiary/aromatic N) is 2. The topological polar surface area (TPSA) is 83.8 Å². The number of hydrogen-bond donors (Lipinski definition) is 2. The van der Waals surface area contributed by atoms with E-state index in [1.54, 1.807) is 6.07 Å². The molecule has 0 bridgehead atoms. The number of hydrogen-bond acceptors (Lipinski definition) is 4. The van der Waals surface area contributed by atoms with Gasteiger partial charge in [0.25, 0.3) is 5.91 Å². The smallest absolute Gasteiger partial charge is 0.274 e. The van der Waals surface area contributed by atoms with Gasteiger partial charge in [0, 0.05) is 6.07 Å². The van der Waals surface area contributed by atoms with Crippen LogP contribution in [0.3, 0.4) is 0 Å². The Morgan fingerprint density at radius 1 is 1.62 bits per heavy atom. The van der Waals surface area contributed by atoms with Gasteiger partial charge >= 0.3 is 0 Å². The summed E-state index contributed by atoms with van der Waals surface area (Å²) in [5.74, 6) is 0.0750. The van der Waals surface area contributed by atoms with Gasteiger partial charge in [-0.05, 0) is 0 Å². The van der Waals surface area contributed by atoms with Gasteiger partial charge in [-0.1, -0.05) is 5.16 Å². The molecule has 2 heterocycles. The lowest BCUT2D eigenvalue weighted by molar-refractivity contribution is 0.102. The van der Waals surface area contributed by atoms with E-state index in [0.717, 1.165) is 0 Å². The van der Waals surface area contributed by atoms with Gasteiger partial charge in [-0.25, -0.2) is 4.98 Å². The number of carbonyl (C=O) groups is 1. The number of aromatic nitrogens is 3. The highest BCUT2D eigenvalue weighted by molar-refractivity contribution is 6.02. The largest absolute Gasteiger partial charge is 0.363 e. The van der Waals surface area contributed by atoms with Gasteiger partial charge in [-0.2, -0.15) is 0 Å². The first-order valence-corrected chi connectivity index (χ1v) is 3.56. The second kappa shape index (κ2) is 3.10. The highest BCUT2D eigenvalue weighted by Gasteiger charge is 2.07. The van der Waals surface area contributed by atoms with Crippen LogP contribution >= 0.6 is 0 Å². The minimum Gasteiger partial charge on any atom is -0.363 e. The van der Waals surface area contributed by atoms with E-state index in [1.807, 2.05) is 0 Å². The average molecular weight is 178 g/mol. The molecule has 2 aromatic heterocycles. The third kappa shape index (κ3) is 1.56. The summed E-state index contributed by atoms with van der Waals surface area (Å²) in [6.45, 7) is 0. The molecule has 6 nitrogen and oxygen atoms in total. The fourth-order valence-corrected chi connectivity index (χ4v) is 0.841. The van der Waals surface area contributed by atoms with E-state index in [2.05, 4.69) is 25.0 Å². The summed E-state index contributed by atoms with van der Waals surface area (Å²) in [6.07, 6.45) is 4.23. The Bertz CT molecular complexity index is 379. The molecular formula is C7H6N4O2. The molecule has 0 aromatic carbocycles. The van der Waals surface area contributed by atoms with Gasteiger partial charge in [0.2, 0.25) is 0 Å². The molecule has 2 rings (SSSR count). The Morgan fingerprint density at radius 3 is 3.15 bits per heavy atom. The lowest BCUT2D eigenvalue weighted by atomic mass is 10.4. The van der Waals surface area contributed by atoms with E-state index in [1.165, 1.54) is 18.8 Å². The van der Waals surface area contributed by atoms with Crippen molar-refractivity contribution in [3.8, 4) is 0 Å². The molecule has 2 N–H and O–H groups in total. The van der Waals surface area contributed by atoms with Gasteiger partial charge in [-0.3, -0.25) is 4.79 Å². The van der Waals surface area contributed by atoms with Crippen molar-refractivity contribution in [3.63, 3.8) is 0 Å².